The van der Waals surface area contributed by atoms with Crippen LogP contribution in [0.5, 0.6) is 11.5 Å². The molecule has 4 rings (SSSR count). The van der Waals surface area contributed by atoms with Gasteiger partial charge in [0.25, 0.3) is 0 Å². The molecule has 150 valence electrons. The smallest absolute Gasteiger partial charge is 0.182 e. The Hall–Kier alpha value is -3.31. The zero-order valence-corrected chi connectivity index (χ0v) is 17.1. The lowest BCUT2D eigenvalue weighted by Gasteiger charge is -2.33. The third kappa shape index (κ3) is 3.34. The van der Waals surface area contributed by atoms with E-state index in [4.69, 9.17) is 15.9 Å². The van der Waals surface area contributed by atoms with E-state index in [2.05, 4.69) is 30.7 Å². The second-order valence-corrected chi connectivity index (χ2v) is 7.05. The summed E-state index contributed by atoms with van der Waals surface area (Å²) >= 11 is 0. The summed E-state index contributed by atoms with van der Waals surface area (Å²) in [7, 11) is 5.21. The molecular weight excluding hydrogens is 368 g/mol. The molecule has 2 aromatic heterocycles. The molecule has 1 aromatic carbocycles. The number of aromatic nitrogens is 5. The van der Waals surface area contributed by atoms with Crippen LogP contribution in [0.1, 0.15) is 23.1 Å². The van der Waals surface area contributed by atoms with Crippen molar-refractivity contribution in [2.24, 2.45) is 7.05 Å². The Balaban J connectivity index is 1.64. The molecule has 29 heavy (non-hydrogen) atoms. The number of benzene rings is 1. The number of fused-ring (bicyclic) bond motifs is 1. The number of aryl methyl sites for hydroxylation is 2. The highest BCUT2D eigenvalue weighted by molar-refractivity contribution is 5.51. The average Bonchev–Trinajstić information content (AvgIpc) is 3.30. The Bertz CT molecular complexity index is 1080. The normalized spacial score (nSPS) is 16.3. The van der Waals surface area contributed by atoms with Crippen LogP contribution in [0, 0.1) is 19.3 Å². The number of rotatable bonds is 5. The maximum Gasteiger partial charge on any atom is 0.182 e. The zero-order chi connectivity index (χ0) is 20.5. The monoisotopic (exact) mass is 392 g/mol. The fourth-order valence-electron chi connectivity index (χ4n) is 3.82. The van der Waals surface area contributed by atoms with E-state index in [-0.39, 0.29) is 6.04 Å². The molecule has 1 aliphatic rings. The topological polar surface area (TPSA) is 70.2 Å². The van der Waals surface area contributed by atoms with Crippen molar-refractivity contribution in [2.45, 2.75) is 26.1 Å². The summed E-state index contributed by atoms with van der Waals surface area (Å²) in [6.45, 7) is 4.14. The van der Waals surface area contributed by atoms with Crippen LogP contribution in [0.15, 0.2) is 24.3 Å². The quantitative estimate of drug-likeness (QED) is 0.620. The Kier molecular flexibility index (Phi) is 4.99. The van der Waals surface area contributed by atoms with Gasteiger partial charge in [-0.1, -0.05) is 12.0 Å². The molecule has 1 aliphatic heterocycles. The van der Waals surface area contributed by atoms with Gasteiger partial charge in [-0.25, -0.2) is 0 Å². The van der Waals surface area contributed by atoms with E-state index in [0.717, 1.165) is 53.2 Å². The Morgan fingerprint density at radius 2 is 2.00 bits per heavy atom. The second kappa shape index (κ2) is 7.60. The van der Waals surface area contributed by atoms with Crippen LogP contribution >= 0.6 is 0 Å². The Morgan fingerprint density at radius 1 is 1.17 bits per heavy atom. The van der Waals surface area contributed by atoms with Crippen LogP contribution in [0.4, 0.5) is 0 Å². The molecule has 1 atom stereocenters. The van der Waals surface area contributed by atoms with Crippen LogP contribution in [0.3, 0.4) is 0 Å². The molecule has 0 amide bonds. The van der Waals surface area contributed by atoms with Crippen LogP contribution in [-0.2, 0) is 20.1 Å². The van der Waals surface area contributed by atoms with Gasteiger partial charge in [0, 0.05) is 38.3 Å². The van der Waals surface area contributed by atoms with Crippen LogP contribution in [-0.4, -0.2) is 50.2 Å². The highest BCUT2D eigenvalue weighted by Gasteiger charge is 2.31. The number of hydrogen-bond donors (Lipinski definition) is 0. The minimum Gasteiger partial charge on any atom is -0.497 e. The van der Waals surface area contributed by atoms with Crippen molar-refractivity contribution in [1.82, 2.24) is 29.4 Å². The molecule has 0 radical (unpaired) electrons. The maximum atomic E-state index is 5.92. The highest BCUT2D eigenvalue weighted by atomic mass is 16.5. The first-order valence-corrected chi connectivity index (χ1v) is 9.41. The largest absolute Gasteiger partial charge is 0.497 e. The van der Waals surface area contributed by atoms with Crippen molar-refractivity contribution >= 4 is 0 Å². The number of hydrogen-bond acceptors (Lipinski definition) is 6. The van der Waals surface area contributed by atoms with E-state index in [1.54, 1.807) is 14.2 Å². The summed E-state index contributed by atoms with van der Waals surface area (Å²) in [5, 5.41) is 13.3. The van der Waals surface area contributed by atoms with E-state index >= 15 is 0 Å². The summed E-state index contributed by atoms with van der Waals surface area (Å²) in [6.07, 6.45) is 5.92. The molecule has 3 aromatic rings. The van der Waals surface area contributed by atoms with Gasteiger partial charge >= 0.3 is 0 Å². The Labute approximate surface area is 170 Å². The van der Waals surface area contributed by atoms with Gasteiger partial charge in [0.15, 0.2) is 11.6 Å². The van der Waals surface area contributed by atoms with Crippen molar-refractivity contribution in [3.63, 3.8) is 0 Å². The van der Waals surface area contributed by atoms with E-state index in [0.29, 0.717) is 6.54 Å². The number of nitrogens with zero attached hydrogens (tertiary/aromatic N) is 6. The van der Waals surface area contributed by atoms with Crippen LogP contribution in [0.25, 0.3) is 11.5 Å². The molecule has 8 heteroatoms. The molecular formula is C21H24N6O2. The third-order valence-electron chi connectivity index (χ3n) is 5.26. The fourth-order valence-corrected chi connectivity index (χ4v) is 3.82. The molecule has 0 saturated heterocycles. The predicted octanol–water partition coefficient (Wildman–Crippen LogP) is 2.19. The summed E-state index contributed by atoms with van der Waals surface area (Å²) in [4.78, 5) is 2.21. The van der Waals surface area contributed by atoms with E-state index < -0.39 is 0 Å². The molecule has 8 nitrogen and oxygen atoms in total. The van der Waals surface area contributed by atoms with Gasteiger partial charge in [-0.05, 0) is 19.1 Å². The first-order chi connectivity index (χ1) is 14.0. The van der Waals surface area contributed by atoms with Gasteiger partial charge in [0.2, 0.25) is 0 Å². The molecule has 0 saturated carbocycles. The van der Waals surface area contributed by atoms with Crippen molar-refractivity contribution < 1.29 is 9.47 Å². The zero-order valence-electron chi connectivity index (χ0n) is 17.1. The van der Waals surface area contributed by atoms with Crippen molar-refractivity contribution in [3.8, 4) is 35.4 Å². The van der Waals surface area contributed by atoms with Crippen molar-refractivity contribution in [1.29, 1.82) is 0 Å². The van der Waals surface area contributed by atoms with Gasteiger partial charge in [-0.2, -0.15) is 5.10 Å². The molecule has 0 spiro atoms. The van der Waals surface area contributed by atoms with Crippen molar-refractivity contribution in [3.05, 3.63) is 41.3 Å². The number of terminal acetylenes is 1. The second-order valence-electron chi connectivity index (χ2n) is 7.05. The van der Waals surface area contributed by atoms with Gasteiger partial charge < -0.3 is 14.0 Å². The van der Waals surface area contributed by atoms with Crippen molar-refractivity contribution in [2.75, 3.05) is 20.8 Å². The number of methoxy groups -OCH3 is 2. The lowest BCUT2D eigenvalue weighted by atomic mass is 10.1. The lowest BCUT2D eigenvalue weighted by Crippen LogP contribution is -2.37. The highest BCUT2D eigenvalue weighted by Crippen LogP contribution is 2.32. The Morgan fingerprint density at radius 3 is 2.66 bits per heavy atom. The first kappa shape index (κ1) is 19.0. The molecule has 0 unspecified atom stereocenters. The summed E-state index contributed by atoms with van der Waals surface area (Å²) in [6, 6.07) is 7.56. The third-order valence-corrected chi connectivity index (χ3v) is 5.26. The summed E-state index contributed by atoms with van der Waals surface area (Å²) in [5.74, 6) is 6.00. The van der Waals surface area contributed by atoms with Crippen LogP contribution < -0.4 is 9.47 Å². The maximum absolute atomic E-state index is 5.92. The van der Waals surface area contributed by atoms with Gasteiger partial charge in [-0.3, -0.25) is 9.58 Å². The molecule has 0 fully saturated rings. The van der Waals surface area contributed by atoms with Gasteiger partial charge in [0.1, 0.15) is 23.2 Å². The number of ether oxygens (including phenoxy) is 2. The minimum atomic E-state index is -0.272. The van der Waals surface area contributed by atoms with E-state index in [9.17, 15) is 0 Å². The minimum absolute atomic E-state index is 0.272. The average molecular weight is 392 g/mol. The standard InChI is InChI=1S/C21H24N6O2/c1-6-17-20-22-23-21(18-11-14(2)24-25(18)3)27(20)10-9-26(17)13-15-7-8-16(28-4)12-19(15)29-5/h1,7-8,11-12,17H,9-10,13H2,2-5H3/t17-/m1/s1. The molecule has 3 heterocycles. The van der Waals surface area contributed by atoms with E-state index in [1.165, 1.54) is 0 Å². The molecule has 0 N–H and O–H groups in total. The SMILES string of the molecule is C#C[C@@H]1c2nnc(-c3cc(C)nn3C)n2CCN1Cc1ccc(OC)cc1OC. The fraction of sp³-hybridized carbons (Fsp3) is 0.381. The van der Waals surface area contributed by atoms with Gasteiger partial charge in [0.05, 0.1) is 19.9 Å². The van der Waals surface area contributed by atoms with E-state index in [1.807, 2.05) is 42.9 Å². The molecule has 0 aliphatic carbocycles. The summed E-state index contributed by atoms with van der Waals surface area (Å²) in [5.41, 5.74) is 2.92. The predicted molar refractivity (Wildman–Crippen MR) is 108 cm³/mol. The van der Waals surface area contributed by atoms with Gasteiger partial charge in [-0.15, -0.1) is 16.6 Å². The molecule has 0 bridgehead atoms. The first-order valence-electron chi connectivity index (χ1n) is 9.41. The summed E-state index contributed by atoms with van der Waals surface area (Å²) < 4.78 is 14.8. The lowest BCUT2D eigenvalue weighted by molar-refractivity contribution is 0.180. The van der Waals surface area contributed by atoms with Crippen LogP contribution in [0.2, 0.25) is 0 Å².